The van der Waals surface area contributed by atoms with E-state index in [0.717, 1.165) is 45.6 Å². The first-order chi connectivity index (χ1) is 21.7. The highest BCUT2D eigenvalue weighted by atomic mass is 79.9. The topological polar surface area (TPSA) is 86.8 Å². The zero-order valence-electron chi connectivity index (χ0n) is 24.7. The Morgan fingerprint density at radius 3 is 2.11 bits per heavy atom. The van der Waals surface area contributed by atoms with Gasteiger partial charge in [-0.15, -0.1) is 0 Å². The number of rotatable bonds is 12. The normalized spacial score (nSPS) is 14.1. The molecule has 0 aromatic heterocycles. The van der Waals surface area contributed by atoms with Crippen LogP contribution in [0.1, 0.15) is 36.8 Å². The number of nitrogens with zero attached hydrogens (tertiary/aromatic N) is 2. The SMILES string of the molecule is O=C(NC1CCCC1)[C@H](Cc1ccccc1)N(Cc1cccc(Br)c1)C(=O)CN(c1ccc(Cl)cc1)S(=O)(=O)c1ccccc1. The maximum absolute atomic E-state index is 14.5. The van der Waals surface area contributed by atoms with Crippen LogP contribution in [0, 0.1) is 0 Å². The van der Waals surface area contributed by atoms with Crippen LogP contribution in [-0.4, -0.2) is 43.8 Å². The summed E-state index contributed by atoms with van der Waals surface area (Å²) >= 11 is 9.65. The van der Waals surface area contributed by atoms with E-state index in [0.29, 0.717) is 5.02 Å². The molecule has 0 aliphatic heterocycles. The predicted octanol–water partition coefficient (Wildman–Crippen LogP) is 7.00. The van der Waals surface area contributed by atoms with Crippen molar-refractivity contribution in [3.63, 3.8) is 0 Å². The molecule has 4 aromatic rings. The third-order valence-corrected chi connectivity index (χ3v) is 10.5. The molecule has 0 spiro atoms. The molecule has 1 saturated carbocycles. The Balaban J connectivity index is 1.56. The first-order valence-electron chi connectivity index (χ1n) is 14.9. The van der Waals surface area contributed by atoms with Gasteiger partial charge in [-0.25, -0.2) is 8.42 Å². The van der Waals surface area contributed by atoms with Gasteiger partial charge in [-0.05, 0) is 72.5 Å². The number of benzene rings is 4. The van der Waals surface area contributed by atoms with E-state index in [1.54, 1.807) is 42.5 Å². The monoisotopic (exact) mass is 707 g/mol. The second kappa shape index (κ2) is 15.1. The Labute approximate surface area is 278 Å². The molecule has 5 rings (SSSR count). The maximum Gasteiger partial charge on any atom is 0.264 e. The van der Waals surface area contributed by atoms with Gasteiger partial charge in [0.2, 0.25) is 11.8 Å². The molecule has 0 bridgehead atoms. The number of carbonyl (C=O) groups is 2. The fourth-order valence-corrected chi connectivity index (χ4v) is 7.62. The van der Waals surface area contributed by atoms with Crippen molar-refractivity contribution < 1.29 is 18.0 Å². The van der Waals surface area contributed by atoms with E-state index in [1.165, 1.54) is 17.0 Å². The van der Waals surface area contributed by atoms with E-state index in [4.69, 9.17) is 11.6 Å². The molecule has 1 aliphatic rings. The fraction of sp³-hybridized carbons (Fsp3) is 0.257. The first-order valence-corrected chi connectivity index (χ1v) is 17.5. The van der Waals surface area contributed by atoms with Gasteiger partial charge in [-0.1, -0.05) is 101 Å². The predicted molar refractivity (Wildman–Crippen MR) is 181 cm³/mol. The molecule has 45 heavy (non-hydrogen) atoms. The lowest BCUT2D eigenvalue weighted by Crippen LogP contribution is -2.54. The second-order valence-electron chi connectivity index (χ2n) is 11.1. The van der Waals surface area contributed by atoms with E-state index in [9.17, 15) is 18.0 Å². The Morgan fingerprint density at radius 2 is 1.47 bits per heavy atom. The molecule has 1 atom stereocenters. The van der Waals surface area contributed by atoms with Gasteiger partial charge in [0.15, 0.2) is 0 Å². The Morgan fingerprint density at radius 1 is 0.844 bits per heavy atom. The van der Waals surface area contributed by atoms with Crippen LogP contribution < -0.4 is 9.62 Å². The molecule has 0 heterocycles. The van der Waals surface area contributed by atoms with E-state index in [1.807, 2.05) is 54.6 Å². The van der Waals surface area contributed by atoms with Gasteiger partial charge < -0.3 is 10.2 Å². The van der Waals surface area contributed by atoms with Crippen molar-refractivity contribution in [2.75, 3.05) is 10.8 Å². The number of hydrogen-bond donors (Lipinski definition) is 1. The highest BCUT2D eigenvalue weighted by Crippen LogP contribution is 2.27. The summed E-state index contributed by atoms with van der Waals surface area (Å²) in [6.45, 7) is -0.414. The lowest BCUT2D eigenvalue weighted by molar-refractivity contribution is -0.140. The Kier molecular flexibility index (Phi) is 11.0. The molecular weight excluding hydrogens is 674 g/mol. The van der Waals surface area contributed by atoms with E-state index < -0.39 is 28.5 Å². The molecule has 4 aromatic carbocycles. The summed E-state index contributed by atoms with van der Waals surface area (Å²) in [5.41, 5.74) is 1.98. The first kappa shape index (κ1) is 32.7. The smallest absolute Gasteiger partial charge is 0.264 e. The van der Waals surface area contributed by atoms with Gasteiger partial charge in [0.1, 0.15) is 12.6 Å². The molecule has 0 saturated heterocycles. The average molecular weight is 709 g/mol. The van der Waals surface area contributed by atoms with E-state index in [-0.39, 0.29) is 35.5 Å². The van der Waals surface area contributed by atoms with Gasteiger partial charge in [0.25, 0.3) is 10.0 Å². The lowest BCUT2D eigenvalue weighted by Gasteiger charge is -2.34. The van der Waals surface area contributed by atoms with Crippen LogP contribution in [0.5, 0.6) is 0 Å². The molecule has 7 nitrogen and oxygen atoms in total. The van der Waals surface area contributed by atoms with Crippen LogP contribution in [0.15, 0.2) is 119 Å². The molecule has 0 unspecified atom stereocenters. The van der Waals surface area contributed by atoms with Crippen molar-refractivity contribution in [2.24, 2.45) is 0 Å². The third-order valence-electron chi connectivity index (χ3n) is 7.94. The molecule has 234 valence electrons. The number of nitrogens with one attached hydrogen (secondary N) is 1. The quantitative estimate of drug-likeness (QED) is 0.172. The van der Waals surface area contributed by atoms with Crippen LogP contribution in [0.25, 0.3) is 0 Å². The van der Waals surface area contributed by atoms with Crippen molar-refractivity contribution in [3.8, 4) is 0 Å². The van der Waals surface area contributed by atoms with Crippen molar-refractivity contribution in [3.05, 3.63) is 130 Å². The number of halogens is 2. The Hall–Kier alpha value is -3.66. The molecule has 1 fully saturated rings. The number of hydrogen-bond acceptors (Lipinski definition) is 4. The van der Waals surface area contributed by atoms with Crippen molar-refractivity contribution in [2.45, 2.75) is 55.6 Å². The standard InChI is InChI=1S/C35H35BrClN3O4S/c36-28-13-9-12-27(22-28)24-39(33(23-26-10-3-1-4-11-26)35(42)38-30-14-7-8-15-30)34(41)25-40(31-20-18-29(37)19-21-31)45(43,44)32-16-5-2-6-17-32/h1-6,9-13,16-22,30,33H,7-8,14-15,23-25H2,(H,38,42)/t33-/m0/s1. The second-order valence-corrected chi connectivity index (χ2v) is 14.4. The highest BCUT2D eigenvalue weighted by Gasteiger charge is 2.35. The third kappa shape index (κ3) is 8.54. The number of carbonyl (C=O) groups excluding carboxylic acids is 2. The van der Waals surface area contributed by atoms with Crippen molar-refractivity contribution in [1.82, 2.24) is 10.2 Å². The molecule has 1 N–H and O–H groups in total. The van der Waals surface area contributed by atoms with Gasteiger partial charge >= 0.3 is 0 Å². The van der Waals surface area contributed by atoms with Crippen LogP contribution >= 0.6 is 27.5 Å². The zero-order chi connectivity index (χ0) is 31.8. The maximum atomic E-state index is 14.5. The number of amides is 2. The minimum atomic E-state index is -4.16. The van der Waals surface area contributed by atoms with Gasteiger partial charge in [-0.3, -0.25) is 13.9 Å². The fourth-order valence-electron chi connectivity index (χ4n) is 5.61. The summed E-state index contributed by atoms with van der Waals surface area (Å²) in [4.78, 5) is 30.2. The van der Waals surface area contributed by atoms with E-state index in [2.05, 4.69) is 21.2 Å². The molecule has 10 heteroatoms. The summed E-state index contributed by atoms with van der Waals surface area (Å²) in [6, 6.07) is 30.6. The summed E-state index contributed by atoms with van der Waals surface area (Å²) < 4.78 is 30.0. The molecule has 2 amide bonds. The number of anilines is 1. The van der Waals surface area contributed by atoms with Gasteiger partial charge in [-0.2, -0.15) is 0 Å². The number of sulfonamides is 1. The van der Waals surface area contributed by atoms with Crippen LogP contribution in [0.3, 0.4) is 0 Å². The minimum absolute atomic E-state index is 0.0441. The largest absolute Gasteiger partial charge is 0.352 e. The van der Waals surface area contributed by atoms with Crippen LogP contribution in [0.4, 0.5) is 5.69 Å². The summed E-state index contributed by atoms with van der Waals surface area (Å²) in [5, 5.41) is 3.63. The summed E-state index contributed by atoms with van der Waals surface area (Å²) in [5.74, 6) is -0.759. The van der Waals surface area contributed by atoms with Crippen molar-refractivity contribution in [1.29, 1.82) is 0 Å². The van der Waals surface area contributed by atoms with Gasteiger partial charge in [0.05, 0.1) is 10.6 Å². The van der Waals surface area contributed by atoms with Crippen molar-refractivity contribution >= 4 is 55.1 Å². The summed E-state index contributed by atoms with van der Waals surface area (Å²) in [6.07, 6.45) is 4.14. The molecule has 1 aliphatic carbocycles. The van der Waals surface area contributed by atoms with Crippen LogP contribution in [0.2, 0.25) is 5.02 Å². The average Bonchev–Trinajstić information content (AvgIpc) is 3.56. The summed E-state index contributed by atoms with van der Waals surface area (Å²) in [7, 11) is -4.16. The minimum Gasteiger partial charge on any atom is -0.352 e. The van der Waals surface area contributed by atoms with E-state index >= 15 is 0 Å². The Bertz CT molecular complexity index is 1700. The van der Waals surface area contributed by atoms with Crippen LogP contribution in [-0.2, 0) is 32.6 Å². The van der Waals surface area contributed by atoms with Gasteiger partial charge in [0, 0.05) is 28.5 Å². The highest BCUT2D eigenvalue weighted by molar-refractivity contribution is 9.10. The molecule has 0 radical (unpaired) electrons. The zero-order valence-corrected chi connectivity index (χ0v) is 27.8. The molecular formula is C35H35BrClN3O4S. The lowest BCUT2D eigenvalue weighted by atomic mass is 10.0.